The molecule has 3 heteroatoms. The molecule has 0 atom stereocenters. The van der Waals surface area contributed by atoms with E-state index in [0.29, 0.717) is 0 Å². The summed E-state index contributed by atoms with van der Waals surface area (Å²) in [7, 11) is 1.92. The first kappa shape index (κ1) is 6.34. The molecule has 0 radical (unpaired) electrons. The number of pyridine rings is 1. The van der Waals surface area contributed by atoms with E-state index in [1.165, 1.54) is 0 Å². The highest BCUT2D eigenvalue weighted by molar-refractivity contribution is 5.79. The Labute approximate surface area is 64.7 Å². The van der Waals surface area contributed by atoms with E-state index in [4.69, 9.17) is 0 Å². The highest BCUT2D eigenvalue weighted by atomic mass is 15.2. The van der Waals surface area contributed by atoms with Crippen LogP contribution in [-0.4, -0.2) is 14.8 Å². The van der Waals surface area contributed by atoms with Gasteiger partial charge in [-0.15, -0.1) is 0 Å². The predicted molar refractivity (Wildman–Crippen MR) is 43.2 cm³/mol. The molecule has 0 aromatic carbocycles. The van der Waals surface area contributed by atoms with Crippen molar-refractivity contribution in [2.45, 2.75) is 6.92 Å². The maximum absolute atomic E-state index is 4.29. The fourth-order valence-corrected chi connectivity index (χ4v) is 1.20. The van der Waals surface area contributed by atoms with Crippen LogP contribution in [0.15, 0.2) is 18.6 Å². The highest BCUT2D eigenvalue weighted by Crippen LogP contribution is 2.12. The van der Waals surface area contributed by atoms with Crippen molar-refractivity contribution in [2.75, 3.05) is 0 Å². The second-order valence-corrected chi connectivity index (χ2v) is 2.70. The molecule has 0 fully saturated rings. The fraction of sp³-hybridized carbons (Fsp3) is 0.250. The molecule has 0 aliphatic carbocycles. The molecule has 3 nitrogen and oxygen atoms in total. The van der Waals surface area contributed by atoms with Crippen LogP contribution in [0.2, 0.25) is 0 Å². The van der Waals surface area contributed by atoms with Gasteiger partial charge in [-0.05, 0) is 12.5 Å². The third-order valence-corrected chi connectivity index (χ3v) is 1.71. The van der Waals surface area contributed by atoms with Crippen LogP contribution in [0.25, 0.3) is 10.9 Å². The van der Waals surface area contributed by atoms with Crippen LogP contribution in [0.3, 0.4) is 0 Å². The Bertz CT molecular complexity index is 389. The number of rotatable bonds is 0. The van der Waals surface area contributed by atoms with Crippen LogP contribution in [0.5, 0.6) is 0 Å². The molecule has 0 aliphatic heterocycles. The summed E-state index contributed by atoms with van der Waals surface area (Å²) in [6.45, 7) is 2.02. The summed E-state index contributed by atoms with van der Waals surface area (Å²) in [4.78, 5) is 4.07. The highest BCUT2D eigenvalue weighted by Gasteiger charge is 1.99. The summed E-state index contributed by atoms with van der Waals surface area (Å²) in [6, 6.07) is 0. The topological polar surface area (TPSA) is 30.7 Å². The van der Waals surface area contributed by atoms with Crippen molar-refractivity contribution < 1.29 is 0 Å². The molecule has 0 saturated heterocycles. The molecular weight excluding hydrogens is 138 g/mol. The lowest BCUT2D eigenvalue weighted by Gasteiger charge is -1.89. The molecule has 11 heavy (non-hydrogen) atoms. The van der Waals surface area contributed by atoms with Crippen LogP contribution in [0.1, 0.15) is 5.56 Å². The monoisotopic (exact) mass is 147 g/mol. The Morgan fingerprint density at radius 3 is 2.91 bits per heavy atom. The molecule has 56 valence electrons. The number of hydrogen-bond acceptors (Lipinski definition) is 2. The first-order chi connectivity index (χ1) is 5.27. The third-order valence-electron chi connectivity index (χ3n) is 1.71. The number of fused-ring (bicyclic) bond motifs is 1. The Hall–Kier alpha value is -1.38. The summed E-state index contributed by atoms with van der Waals surface area (Å²) in [5.41, 5.74) is 2.17. The van der Waals surface area contributed by atoms with E-state index < -0.39 is 0 Å². The molecule has 0 aliphatic rings. The Kier molecular flexibility index (Phi) is 1.18. The van der Waals surface area contributed by atoms with Crippen LogP contribution in [-0.2, 0) is 7.05 Å². The van der Waals surface area contributed by atoms with Gasteiger partial charge in [0.15, 0.2) is 0 Å². The summed E-state index contributed by atoms with van der Waals surface area (Å²) in [6.07, 6.45) is 5.62. The van der Waals surface area contributed by atoms with Crippen LogP contribution in [0.4, 0.5) is 0 Å². The molecular formula is C8H9N3. The number of hydrogen-bond donors (Lipinski definition) is 0. The van der Waals surface area contributed by atoms with Crippen molar-refractivity contribution in [3.8, 4) is 0 Å². The van der Waals surface area contributed by atoms with Gasteiger partial charge >= 0.3 is 0 Å². The molecule has 0 spiro atoms. The zero-order valence-corrected chi connectivity index (χ0v) is 6.57. The van der Waals surface area contributed by atoms with E-state index in [-0.39, 0.29) is 0 Å². The first-order valence-electron chi connectivity index (χ1n) is 3.51. The van der Waals surface area contributed by atoms with Crippen molar-refractivity contribution in [2.24, 2.45) is 7.05 Å². The predicted octanol–water partition coefficient (Wildman–Crippen LogP) is 1.28. The lowest BCUT2D eigenvalue weighted by atomic mass is 10.2. The standard InChI is InChI=1S/C8H9N3/c1-6-3-9-4-7-5-11(2)10-8(6)7/h3-5H,1-2H3. The molecule has 0 unspecified atom stereocenters. The second kappa shape index (κ2) is 2.05. The number of aromatic nitrogens is 3. The Morgan fingerprint density at radius 2 is 2.18 bits per heavy atom. The van der Waals surface area contributed by atoms with Crippen LogP contribution >= 0.6 is 0 Å². The molecule has 2 rings (SSSR count). The zero-order chi connectivity index (χ0) is 7.84. The molecule has 0 amide bonds. The minimum absolute atomic E-state index is 1.04. The van der Waals surface area contributed by atoms with Gasteiger partial charge in [0.25, 0.3) is 0 Å². The van der Waals surface area contributed by atoms with E-state index in [1.54, 1.807) is 4.68 Å². The summed E-state index contributed by atoms with van der Waals surface area (Å²) in [5, 5.41) is 5.39. The largest absolute Gasteiger partial charge is 0.275 e. The van der Waals surface area contributed by atoms with Gasteiger partial charge in [-0.3, -0.25) is 9.67 Å². The van der Waals surface area contributed by atoms with Crippen molar-refractivity contribution in [1.29, 1.82) is 0 Å². The van der Waals surface area contributed by atoms with E-state index in [9.17, 15) is 0 Å². The Morgan fingerprint density at radius 1 is 1.36 bits per heavy atom. The lowest BCUT2D eigenvalue weighted by Crippen LogP contribution is -1.86. The molecule has 0 bridgehead atoms. The average Bonchev–Trinajstić information content (AvgIpc) is 2.31. The van der Waals surface area contributed by atoms with Gasteiger partial charge in [0.05, 0.1) is 5.52 Å². The second-order valence-electron chi connectivity index (χ2n) is 2.70. The van der Waals surface area contributed by atoms with E-state index in [1.807, 2.05) is 32.6 Å². The molecule has 2 aromatic heterocycles. The zero-order valence-electron chi connectivity index (χ0n) is 6.57. The van der Waals surface area contributed by atoms with Gasteiger partial charge in [-0.2, -0.15) is 5.10 Å². The maximum atomic E-state index is 4.29. The number of aryl methyl sites for hydroxylation is 2. The lowest BCUT2D eigenvalue weighted by molar-refractivity contribution is 0.779. The van der Waals surface area contributed by atoms with Crippen LogP contribution < -0.4 is 0 Å². The normalized spacial score (nSPS) is 10.7. The van der Waals surface area contributed by atoms with Gasteiger partial charge in [-0.25, -0.2) is 0 Å². The molecule has 2 heterocycles. The molecule has 0 N–H and O–H groups in total. The summed E-state index contributed by atoms with van der Waals surface area (Å²) in [5.74, 6) is 0. The summed E-state index contributed by atoms with van der Waals surface area (Å²) >= 11 is 0. The minimum Gasteiger partial charge on any atom is -0.275 e. The minimum atomic E-state index is 1.04. The van der Waals surface area contributed by atoms with Crippen molar-refractivity contribution in [3.05, 3.63) is 24.2 Å². The van der Waals surface area contributed by atoms with Crippen molar-refractivity contribution in [3.63, 3.8) is 0 Å². The van der Waals surface area contributed by atoms with Crippen molar-refractivity contribution >= 4 is 10.9 Å². The third kappa shape index (κ3) is 0.888. The summed E-state index contributed by atoms with van der Waals surface area (Å²) < 4.78 is 1.80. The van der Waals surface area contributed by atoms with E-state index in [2.05, 4.69) is 10.1 Å². The fourth-order valence-electron chi connectivity index (χ4n) is 1.20. The molecule has 2 aromatic rings. The van der Waals surface area contributed by atoms with Gasteiger partial charge in [-0.1, -0.05) is 0 Å². The van der Waals surface area contributed by atoms with Crippen LogP contribution in [0, 0.1) is 6.92 Å². The van der Waals surface area contributed by atoms with Gasteiger partial charge in [0, 0.05) is 31.0 Å². The first-order valence-corrected chi connectivity index (χ1v) is 3.51. The van der Waals surface area contributed by atoms with Gasteiger partial charge < -0.3 is 0 Å². The smallest absolute Gasteiger partial charge is 0.0983 e. The SMILES string of the molecule is Cc1cncc2cn(C)nc12. The van der Waals surface area contributed by atoms with E-state index >= 15 is 0 Å². The van der Waals surface area contributed by atoms with Crippen molar-refractivity contribution in [1.82, 2.24) is 14.8 Å². The van der Waals surface area contributed by atoms with Gasteiger partial charge in [0.1, 0.15) is 0 Å². The Balaban J connectivity index is 2.90. The quantitative estimate of drug-likeness (QED) is 0.562. The maximum Gasteiger partial charge on any atom is 0.0983 e. The molecule has 0 saturated carbocycles. The van der Waals surface area contributed by atoms with Gasteiger partial charge in [0.2, 0.25) is 0 Å². The average molecular weight is 147 g/mol. The van der Waals surface area contributed by atoms with E-state index in [0.717, 1.165) is 16.5 Å². The number of nitrogens with zero attached hydrogens (tertiary/aromatic N) is 3.